The van der Waals surface area contributed by atoms with E-state index in [0.717, 1.165) is 60.8 Å². The number of piperazine rings is 1. The molecule has 3 aromatic rings. The van der Waals surface area contributed by atoms with Gasteiger partial charge < -0.3 is 19.4 Å². The van der Waals surface area contributed by atoms with E-state index in [0.29, 0.717) is 18.9 Å². The number of anilines is 1. The summed E-state index contributed by atoms with van der Waals surface area (Å²) in [6, 6.07) is 15.7. The van der Waals surface area contributed by atoms with E-state index in [9.17, 15) is 4.79 Å². The van der Waals surface area contributed by atoms with Crippen molar-refractivity contribution in [2.75, 3.05) is 50.8 Å². The maximum absolute atomic E-state index is 11.9. The van der Waals surface area contributed by atoms with Crippen molar-refractivity contribution < 1.29 is 14.3 Å². The minimum absolute atomic E-state index is 0.336. The molecule has 1 aliphatic rings. The molecule has 0 amide bonds. The highest BCUT2D eigenvalue weighted by molar-refractivity contribution is 6.30. The van der Waals surface area contributed by atoms with Gasteiger partial charge in [-0.1, -0.05) is 11.6 Å². The van der Waals surface area contributed by atoms with E-state index in [4.69, 9.17) is 21.1 Å². The lowest BCUT2D eigenvalue weighted by Crippen LogP contribution is -2.46. The molecule has 0 unspecified atom stereocenters. The number of rotatable bonds is 8. The number of H-pyrrole nitrogens is 1. The third kappa shape index (κ3) is 5.51. The van der Waals surface area contributed by atoms with E-state index in [1.165, 1.54) is 5.69 Å². The van der Waals surface area contributed by atoms with Gasteiger partial charge in [0.2, 0.25) is 0 Å². The summed E-state index contributed by atoms with van der Waals surface area (Å²) in [6.45, 7) is 7.99. The average molecular weight is 442 g/mol. The Balaban J connectivity index is 1.21. The monoisotopic (exact) mass is 441 g/mol. The first-order valence-electron chi connectivity index (χ1n) is 10.8. The number of aromatic amines is 1. The Kier molecular flexibility index (Phi) is 6.99. The van der Waals surface area contributed by atoms with Crippen LogP contribution in [0.5, 0.6) is 5.75 Å². The summed E-state index contributed by atoms with van der Waals surface area (Å²) < 4.78 is 11.0. The molecule has 1 aromatic heterocycles. The molecule has 0 bridgehead atoms. The van der Waals surface area contributed by atoms with Crippen LogP contribution in [0.25, 0.3) is 10.9 Å². The fraction of sp³-hybridized carbons (Fsp3) is 0.375. The molecule has 0 saturated carbocycles. The largest absolute Gasteiger partial charge is 0.494 e. The van der Waals surface area contributed by atoms with Gasteiger partial charge in [0.1, 0.15) is 11.4 Å². The van der Waals surface area contributed by atoms with Crippen LogP contribution < -0.4 is 9.64 Å². The number of aromatic nitrogens is 1. The Morgan fingerprint density at radius 1 is 1.06 bits per heavy atom. The second kappa shape index (κ2) is 10.1. The lowest BCUT2D eigenvalue weighted by molar-refractivity contribution is 0.0520. The SMILES string of the molecule is CCOC(=O)c1cc2cc(OCCCN3CCN(c4ccc(Cl)cc4)CC3)ccc2[nH]1. The number of hydrogen-bond donors (Lipinski definition) is 1. The van der Waals surface area contributed by atoms with Crippen LogP contribution in [0.4, 0.5) is 5.69 Å². The molecule has 31 heavy (non-hydrogen) atoms. The number of nitrogens with zero attached hydrogens (tertiary/aromatic N) is 2. The quantitative estimate of drug-likeness (QED) is 0.409. The van der Waals surface area contributed by atoms with E-state index in [1.54, 1.807) is 13.0 Å². The van der Waals surface area contributed by atoms with E-state index < -0.39 is 0 Å². The fourth-order valence-electron chi connectivity index (χ4n) is 3.88. The lowest BCUT2D eigenvalue weighted by atomic mass is 10.2. The zero-order chi connectivity index (χ0) is 21.6. The van der Waals surface area contributed by atoms with Crippen LogP contribution in [0.3, 0.4) is 0 Å². The Morgan fingerprint density at radius 3 is 2.58 bits per heavy atom. The summed E-state index contributed by atoms with van der Waals surface area (Å²) in [4.78, 5) is 19.9. The van der Waals surface area contributed by atoms with Crippen molar-refractivity contribution in [1.82, 2.24) is 9.88 Å². The highest BCUT2D eigenvalue weighted by Crippen LogP contribution is 2.23. The van der Waals surface area contributed by atoms with Gasteiger partial charge in [0.15, 0.2) is 0 Å². The molecule has 1 saturated heterocycles. The number of esters is 1. The molecule has 0 spiro atoms. The van der Waals surface area contributed by atoms with Gasteiger partial charge in [0.05, 0.1) is 13.2 Å². The molecule has 0 atom stereocenters. The molecule has 0 aliphatic carbocycles. The van der Waals surface area contributed by atoms with Gasteiger partial charge >= 0.3 is 5.97 Å². The van der Waals surface area contributed by atoms with Crippen molar-refractivity contribution in [2.45, 2.75) is 13.3 Å². The first-order valence-corrected chi connectivity index (χ1v) is 11.2. The Labute approximate surface area is 187 Å². The van der Waals surface area contributed by atoms with E-state index >= 15 is 0 Å². The molecule has 1 fully saturated rings. The third-order valence-corrected chi connectivity index (χ3v) is 5.79. The zero-order valence-electron chi connectivity index (χ0n) is 17.8. The van der Waals surface area contributed by atoms with Crippen molar-refractivity contribution in [3.63, 3.8) is 0 Å². The number of fused-ring (bicyclic) bond motifs is 1. The Hall–Kier alpha value is -2.70. The van der Waals surface area contributed by atoms with Gasteiger partial charge in [-0.05, 0) is 61.9 Å². The van der Waals surface area contributed by atoms with Crippen molar-refractivity contribution in [3.05, 3.63) is 59.2 Å². The maximum atomic E-state index is 11.9. The summed E-state index contributed by atoms with van der Waals surface area (Å²) in [5.74, 6) is 0.479. The van der Waals surface area contributed by atoms with Crippen molar-refractivity contribution in [2.24, 2.45) is 0 Å². The molecular formula is C24H28ClN3O3. The lowest BCUT2D eigenvalue weighted by Gasteiger charge is -2.36. The van der Waals surface area contributed by atoms with Crippen LogP contribution in [0.15, 0.2) is 48.5 Å². The molecule has 7 heteroatoms. The summed E-state index contributed by atoms with van der Waals surface area (Å²) in [7, 11) is 0. The van der Waals surface area contributed by atoms with Gasteiger partial charge in [-0.15, -0.1) is 0 Å². The number of hydrogen-bond acceptors (Lipinski definition) is 5. The van der Waals surface area contributed by atoms with Crippen molar-refractivity contribution in [3.8, 4) is 5.75 Å². The van der Waals surface area contributed by atoms with Crippen molar-refractivity contribution >= 4 is 34.2 Å². The van der Waals surface area contributed by atoms with Crippen LogP contribution in [0, 0.1) is 0 Å². The predicted molar refractivity (Wildman–Crippen MR) is 124 cm³/mol. The number of benzene rings is 2. The second-order valence-electron chi connectivity index (χ2n) is 7.66. The first kappa shape index (κ1) is 21.5. The van der Waals surface area contributed by atoms with E-state index in [2.05, 4.69) is 26.9 Å². The summed E-state index contributed by atoms with van der Waals surface area (Å²) >= 11 is 5.98. The molecule has 1 N–H and O–H groups in total. The molecule has 1 aliphatic heterocycles. The molecule has 0 radical (unpaired) electrons. The highest BCUT2D eigenvalue weighted by atomic mass is 35.5. The standard InChI is InChI=1S/C24H28ClN3O3/c1-2-30-24(29)23-17-18-16-21(8-9-22(18)26-23)31-15-3-10-27-11-13-28(14-12-27)20-6-4-19(25)5-7-20/h4-9,16-17,26H,2-3,10-15H2,1H3. The normalized spacial score (nSPS) is 14.7. The average Bonchev–Trinajstić information content (AvgIpc) is 3.22. The second-order valence-corrected chi connectivity index (χ2v) is 8.10. The highest BCUT2D eigenvalue weighted by Gasteiger charge is 2.17. The predicted octanol–water partition coefficient (Wildman–Crippen LogP) is 4.59. The van der Waals surface area contributed by atoms with Crippen LogP contribution in [-0.4, -0.2) is 61.8 Å². The van der Waals surface area contributed by atoms with Crippen molar-refractivity contribution in [1.29, 1.82) is 0 Å². The van der Waals surface area contributed by atoms with E-state index in [1.807, 2.05) is 30.3 Å². The number of carbonyl (C=O) groups excluding carboxylic acids is 1. The van der Waals surface area contributed by atoms with Crippen LogP contribution in [-0.2, 0) is 4.74 Å². The number of carbonyl (C=O) groups is 1. The van der Waals surface area contributed by atoms with E-state index in [-0.39, 0.29) is 5.97 Å². The minimum atomic E-state index is -0.336. The number of nitrogens with one attached hydrogen (secondary N) is 1. The fourth-order valence-corrected chi connectivity index (χ4v) is 4.01. The molecule has 6 nitrogen and oxygen atoms in total. The zero-order valence-corrected chi connectivity index (χ0v) is 18.5. The maximum Gasteiger partial charge on any atom is 0.354 e. The van der Waals surface area contributed by atoms with Crippen LogP contribution in [0.2, 0.25) is 5.02 Å². The third-order valence-electron chi connectivity index (χ3n) is 5.54. The summed E-state index contributed by atoms with van der Waals surface area (Å²) in [5, 5.41) is 1.72. The minimum Gasteiger partial charge on any atom is -0.494 e. The van der Waals surface area contributed by atoms with Gasteiger partial charge in [0, 0.05) is 54.3 Å². The Morgan fingerprint density at radius 2 is 1.84 bits per heavy atom. The molecular weight excluding hydrogens is 414 g/mol. The molecule has 4 rings (SSSR count). The van der Waals surface area contributed by atoms with Gasteiger partial charge in [-0.3, -0.25) is 4.90 Å². The topological polar surface area (TPSA) is 57.8 Å². The smallest absolute Gasteiger partial charge is 0.354 e. The van der Waals surface area contributed by atoms with Gasteiger partial charge in [-0.2, -0.15) is 0 Å². The Bertz CT molecular complexity index is 1010. The number of halogens is 1. The van der Waals surface area contributed by atoms with Crippen LogP contribution in [0.1, 0.15) is 23.8 Å². The molecule has 2 heterocycles. The number of ether oxygens (including phenoxy) is 2. The molecule has 164 valence electrons. The van der Waals surface area contributed by atoms with Gasteiger partial charge in [-0.25, -0.2) is 4.79 Å². The van der Waals surface area contributed by atoms with Gasteiger partial charge in [0.25, 0.3) is 0 Å². The van der Waals surface area contributed by atoms with Crippen LogP contribution >= 0.6 is 11.6 Å². The summed E-state index contributed by atoms with van der Waals surface area (Å²) in [5.41, 5.74) is 2.60. The first-order chi connectivity index (χ1) is 15.1. The molecule has 2 aromatic carbocycles. The summed E-state index contributed by atoms with van der Waals surface area (Å²) in [6.07, 6.45) is 0.972.